The smallest absolute Gasteiger partial charge is 0.376 e. The summed E-state index contributed by atoms with van der Waals surface area (Å²) in [7, 11) is -12.2. The van der Waals surface area contributed by atoms with Crippen molar-refractivity contribution in [2.45, 2.75) is 160 Å². The highest BCUT2D eigenvalue weighted by atomic mass is 35.5. The van der Waals surface area contributed by atoms with Crippen molar-refractivity contribution in [1.29, 1.82) is 0 Å². The van der Waals surface area contributed by atoms with Gasteiger partial charge in [0.1, 0.15) is 14.7 Å². The number of halogens is 3. The summed E-state index contributed by atoms with van der Waals surface area (Å²) >= 11 is 17.8. The van der Waals surface area contributed by atoms with Crippen LogP contribution in [0.15, 0.2) is 175 Å². The van der Waals surface area contributed by atoms with Crippen LogP contribution in [0.3, 0.4) is 0 Å². The lowest BCUT2D eigenvalue weighted by Gasteiger charge is -2.42. The molecule has 5 fully saturated rings. The highest BCUT2D eigenvalue weighted by Crippen LogP contribution is 2.32. The molecule has 5 saturated heterocycles. The average Bonchev–Trinajstić information content (AvgIpc) is 0.804. The lowest BCUT2D eigenvalue weighted by Crippen LogP contribution is -2.51. The largest absolute Gasteiger partial charge is 0.618 e. The van der Waals surface area contributed by atoms with Crippen LogP contribution in [0.5, 0.6) is 0 Å². The maximum absolute atomic E-state index is 13.0. The first-order valence-electron chi connectivity index (χ1n) is 34.3. The van der Waals surface area contributed by atoms with Gasteiger partial charge in [0.25, 0.3) is 5.91 Å². The quantitative estimate of drug-likeness (QED) is 0.0331. The molecule has 550 valence electrons. The highest BCUT2D eigenvalue weighted by molar-refractivity contribution is 7.92. The summed E-state index contributed by atoms with van der Waals surface area (Å²) in [6, 6.07) is 34.1. The molecule has 0 unspecified atom stereocenters. The first kappa shape index (κ1) is 81.3. The molecule has 0 bridgehead atoms. The zero-order valence-electron chi connectivity index (χ0n) is 56.7. The molecule has 5 aliphatic heterocycles. The molecule has 4 aromatic carbocycles. The van der Waals surface area contributed by atoms with Gasteiger partial charge in [0, 0.05) is 83.4 Å². The Labute approximate surface area is 618 Å². The Kier molecular flexibility index (Phi) is 28.7. The maximum Gasteiger partial charge on any atom is 0.376 e. The van der Waals surface area contributed by atoms with E-state index in [0.717, 1.165) is 154 Å². The summed E-state index contributed by atoms with van der Waals surface area (Å²) in [5.74, 6) is 1.12. The van der Waals surface area contributed by atoms with Gasteiger partial charge in [-0.05, 0) is 239 Å². The average molecular weight is 1520 g/mol. The van der Waals surface area contributed by atoms with E-state index in [1.807, 2.05) is 35.6 Å². The van der Waals surface area contributed by atoms with Gasteiger partial charge >= 0.3 is 14.1 Å². The molecule has 0 atom stereocenters. The number of benzene rings is 4. The number of aryl methyl sites for hydroxylation is 1. The van der Waals surface area contributed by atoms with E-state index in [0.29, 0.717) is 107 Å². The number of carbonyl (C=O) groups excluding carboxylic acids is 1. The number of likely N-dealkylation sites (tertiary alicyclic amines) is 3. The summed E-state index contributed by atoms with van der Waals surface area (Å²) in [6.07, 6.45) is 15.1. The number of pyridine rings is 3. The summed E-state index contributed by atoms with van der Waals surface area (Å²) < 4.78 is 79.0. The molecule has 1 amide bonds. The van der Waals surface area contributed by atoms with Crippen LogP contribution in [0.2, 0.25) is 28.7 Å². The van der Waals surface area contributed by atoms with Gasteiger partial charge in [0.15, 0.2) is 35.7 Å². The van der Waals surface area contributed by atoms with Crippen LogP contribution in [0, 0.1) is 40.3 Å². The van der Waals surface area contributed by atoms with E-state index < -0.39 is 36.6 Å². The number of nitrogen functional groups attached to an aromatic ring is 1. The number of para-hydroxylation sites is 1. The molecule has 21 nitrogen and oxygen atoms in total. The van der Waals surface area contributed by atoms with Crippen LogP contribution in [-0.4, -0.2) is 157 Å². The molecule has 0 radical (unpaired) electrons. The predicted molar refractivity (Wildman–Crippen MR) is 401 cm³/mol. The predicted octanol–water partition coefficient (Wildman–Crippen LogP) is 10.3. The monoisotopic (exact) mass is 1510 g/mol. The number of hydrogen-bond donors (Lipinski definition) is 3. The van der Waals surface area contributed by atoms with Gasteiger partial charge in [-0.25, -0.2) is 25.3 Å². The first-order valence-corrected chi connectivity index (χ1v) is 39.9. The summed E-state index contributed by atoms with van der Waals surface area (Å²) in [6.45, 7) is 14.3. The van der Waals surface area contributed by atoms with E-state index in [1.165, 1.54) is 54.6 Å². The van der Waals surface area contributed by atoms with Crippen molar-refractivity contribution in [3.8, 4) is 0 Å². The third kappa shape index (κ3) is 20.4. The van der Waals surface area contributed by atoms with E-state index in [1.54, 1.807) is 67.5 Å². The van der Waals surface area contributed by atoms with Crippen molar-refractivity contribution in [2.24, 2.45) is 17.8 Å². The molecule has 0 spiro atoms. The number of sulfone groups is 3. The second-order valence-corrected chi connectivity index (χ2v) is 34.2. The van der Waals surface area contributed by atoms with E-state index in [9.17, 15) is 55.7 Å². The van der Waals surface area contributed by atoms with Crippen LogP contribution in [-0.2, 0) is 48.8 Å². The molecule has 102 heavy (non-hydrogen) atoms. The second-order valence-electron chi connectivity index (χ2n) is 27.1. The van der Waals surface area contributed by atoms with Gasteiger partial charge in [0.05, 0.1) is 20.2 Å². The molecule has 0 aliphatic carbocycles. The van der Waals surface area contributed by atoms with Crippen molar-refractivity contribution in [3.05, 3.63) is 205 Å². The molecule has 12 rings (SSSR count). The minimum absolute atomic E-state index is 0. The Morgan fingerprint density at radius 3 is 1.08 bits per heavy atom. The van der Waals surface area contributed by atoms with Crippen LogP contribution in [0.25, 0.3) is 0 Å². The summed E-state index contributed by atoms with van der Waals surface area (Å²) in [5.41, 5.74) is 9.96. The number of hydrogen-bond acceptors (Lipinski definition) is 17. The normalized spacial score (nSPS) is 17.6. The number of nitrogens with two attached hydrogens (primary N) is 1. The second kappa shape index (κ2) is 36.1. The molecule has 5 aliphatic rings. The number of nitrogens with zero attached hydrogens (tertiary/aromatic N) is 8. The molecule has 4 N–H and O–H groups in total. The molecule has 3 aromatic heterocycles. The van der Waals surface area contributed by atoms with Gasteiger partial charge < -0.3 is 55.7 Å². The lowest BCUT2D eigenvalue weighted by atomic mass is 9.80. The Morgan fingerprint density at radius 1 is 0.461 bits per heavy atom. The fourth-order valence-corrected chi connectivity index (χ4v) is 18.9. The maximum atomic E-state index is 13.0. The number of rotatable bonds is 17. The summed E-state index contributed by atoms with van der Waals surface area (Å²) in [4.78, 5) is 24.2. The Hall–Kier alpha value is -6.39. The fourth-order valence-electron chi connectivity index (χ4n) is 14.3. The first-order chi connectivity index (χ1) is 47.6. The molecular formula is C73H96B2Cl3N9O12S3. The highest BCUT2D eigenvalue weighted by Gasteiger charge is 2.35. The lowest BCUT2D eigenvalue weighted by molar-refractivity contribution is -0.616. The van der Waals surface area contributed by atoms with E-state index in [-0.39, 0.29) is 57.2 Å². The third-order valence-electron chi connectivity index (χ3n) is 20.5. The van der Waals surface area contributed by atoms with Crippen molar-refractivity contribution >= 4 is 90.0 Å². The van der Waals surface area contributed by atoms with Gasteiger partial charge in [0.2, 0.25) is 29.5 Å². The van der Waals surface area contributed by atoms with Crippen molar-refractivity contribution < 1.29 is 54.3 Å². The van der Waals surface area contributed by atoms with Crippen molar-refractivity contribution in [3.63, 3.8) is 0 Å². The minimum Gasteiger partial charge on any atom is -0.618 e. The number of carbonyl (C=O) groups is 1. The van der Waals surface area contributed by atoms with Gasteiger partial charge in [-0.1, -0.05) is 80.0 Å². The van der Waals surface area contributed by atoms with E-state index in [2.05, 4.69) is 14.6 Å². The number of piperidine rings is 5. The van der Waals surface area contributed by atoms with Crippen molar-refractivity contribution in [1.82, 2.24) is 24.3 Å². The molecule has 29 heteroatoms. The van der Waals surface area contributed by atoms with Crippen LogP contribution in [0.1, 0.15) is 112 Å². The number of anilines is 1. The zero-order valence-corrected chi connectivity index (χ0v) is 61.4. The van der Waals surface area contributed by atoms with Gasteiger partial charge in [-0.2, -0.15) is 14.2 Å². The van der Waals surface area contributed by atoms with Gasteiger partial charge in [-0.15, -0.1) is 0 Å². The fraction of sp³-hybridized carbons (Fsp3) is 0.452. The Balaban J connectivity index is 0.000000196. The number of amides is 1. The Bertz CT molecular complexity index is 4340. The molecule has 7 aromatic rings. The minimum atomic E-state index is -3.83. The topological polar surface area (TPSA) is 283 Å². The number of aromatic nitrogens is 3. The van der Waals surface area contributed by atoms with E-state index >= 15 is 0 Å². The molecule has 8 heterocycles. The summed E-state index contributed by atoms with van der Waals surface area (Å²) in [5, 5.41) is 58.2. The SMILES string of the molecule is C.C.CB(O)N1CCC(Cc2ccc(S(=O)(=O)c3cccc(Cl)c3)c[n+]2[O-])CC1.CB(O)N1CCC(N2CCC(Cc3ccc(S(=O)(=O)c4cccc(Cl)c4)c[n+]3[O-])CC2)CC1.Cc1cccc(C(=O)N2CCC(N3CCC(Cc4ccc(S(=O)(=O)c5cccc(Cl)c5)c[n+]4[O-])CC3)CC2)c1N. The third-order valence-corrected chi connectivity index (χ3v) is 26.4. The van der Waals surface area contributed by atoms with Crippen molar-refractivity contribution in [2.75, 3.05) is 71.2 Å². The van der Waals surface area contributed by atoms with Crippen LogP contribution < -0.4 is 19.9 Å². The Morgan fingerprint density at radius 2 is 0.765 bits per heavy atom. The van der Waals surface area contributed by atoms with Crippen LogP contribution in [0.4, 0.5) is 5.69 Å². The zero-order chi connectivity index (χ0) is 71.6. The molecule has 0 saturated carbocycles. The van der Waals surface area contributed by atoms with Crippen LogP contribution >= 0.6 is 34.8 Å². The van der Waals surface area contributed by atoms with Gasteiger partial charge in [-0.3, -0.25) is 4.79 Å². The van der Waals surface area contributed by atoms with E-state index in [4.69, 9.17) is 40.5 Å². The molecular weight excluding hydrogens is 1420 g/mol. The standard InChI is InChI=1S/C30H35ClN4O4S.C23H31BClN3O4S.C18H22BClN2O4S.2CH4/c1-21-4-2-7-28(29(21)32)30(36)34-16-12-24(13-17-34)33-14-10-22(11-15-33)18-25-8-9-27(20-35(25)37)40(38,39)26-6-3-5-23(31)19-26;1-24(29)27-13-9-20(10-14-27)26-11-7-18(8-12-26)15-21-5-6-23(17-28(21)30)33(31,32)22-4-2-3-19(25)16-22;1-19(23)21-9-7-14(8-10-21)11-16-5-6-18(13-22(16)24)27(25,26)17-4-2-3-15(20)12-17;;/h2-9,19-20,22,24H,10-18,32H2,1H3;2-6,16-18,20,29H,7-15H2,1H3;2-6,12-14,23H,7-11H2,1H3;2*1H4.